The van der Waals surface area contributed by atoms with Crippen LogP contribution in [0.25, 0.3) is 11.0 Å². The molecule has 1 amide bonds. The Hall–Kier alpha value is -3.25. The van der Waals surface area contributed by atoms with E-state index in [4.69, 9.17) is 4.42 Å². The van der Waals surface area contributed by atoms with Crippen molar-refractivity contribution in [2.75, 3.05) is 4.90 Å². The van der Waals surface area contributed by atoms with Crippen molar-refractivity contribution in [3.05, 3.63) is 110 Å². The Labute approximate surface area is 186 Å². The fraction of sp³-hybridized carbons (Fsp3) is 0.120. The fourth-order valence-electron chi connectivity index (χ4n) is 4.09. The monoisotopic (exact) mass is 477 g/mol. The largest absolute Gasteiger partial charge is 0.450 e. The Morgan fingerprint density at radius 1 is 1.03 bits per heavy atom. The van der Waals surface area contributed by atoms with Crippen LogP contribution in [0.15, 0.2) is 80.4 Å². The van der Waals surface area contributed by atoms with Gasteiger partial charge < -0.3 is 4.42 Å². The maximum Gasteiger partial charge on any atom is 0.295 e. The Kier molecular flexibility index (Phi) is 4.74. The molecule has 1 unspecified atom stereocenters. The number of benzene rings is 3. The molecule has 6 heteroatoms. The lowest BCUT2D eigenvalue weighted by molar-refractivity contribution is 0.0971. The van der Waals surface area contributed by atoms with Crippen LogP contribution in [0.5, 0.6) is 0 Å². The van der Waals surface area contributed by atoms with Crippen molar-refractivity contribution in [3.8, 4) is 0 Å². The van der Waals surface area contributed by atoms with Crippen LogP contribution in [0.4, 0.5) is 10.1 Å². The van der Waals surface area contributed by atoms with Crippen molar-refractivity contribution in [2.45, 2.75) is 19.4 Å². The highest BCUT2D eigenvalue weighted by Gasteiger charge is 2.43. The van der Waals surface area contributed by atoms with Crippen LogP contribution < -0.4 is 10.3 Å². The van der Waals surface area contributed by atoms with Gasteiger partial charge in [-0.1, -0.05) is 53.2 Å². The number of halogens is 2. The third-order valence-corrected chi connectivity index (χ3v) is 6.12. The van der Waals surface area contributed by atoms with Crippen molar-refractivity contribution in [3.63, 3.8) is 0 Å². The number of nitrogens with zero attached hydrogens (tertiary/aromatic N) is 1. The summed E-state index contributed by atoms with van der Waals surface area (Å²) in [6.07, 6.45) is 0.877. The molecule has 0 N–H and O–H groups in total. The van der Waals surface area contributed by atoms with E-state index in [2.05, 4.69) is 22.9 Å². The van der Waals surface area contributed by atoms with E-state index in [-0.39, 0.29) is 22.3 Å². The molecule has 3 aromatic carbocycles. The molecular formula is C25H17BrFNO3. The first kappa shape index (κ1) is 19.7. The summed E-state index contributed by atoms with van der Waals surface area (Å²) in [7, 11) is 0. The van der Waals surface area contributed by atoms with E-state index in [1.807, 2.05) is 48.5 Å². The molecule has 1 aromatic heterocycles. The summed E-state index contributed by atoms with van der Waals surface area (Å²) in [5, 5.41) is 0.123. The molecule has 0 saturated carbocycles. The molecule has 154 valence electrons. The van der Waals surface area contributed by atoms with E-state index in [1.165, 1.54) is 12.1 Å². The standard InChI is InChI=1S/C25H17BrFNO3/c1-2-14-6-8-15(9-7-14)22-21-23(29)19-13-17(27)10-11-20(19)31-24(21)25(30)28(22)18-5-3-4-16(26)12-18/h3-13,22H,2H2,1H3. The minimum absolute atomic E-state index is 0.00588. The molecule has 0 fully saturated rings. The van der Waals surface area contributed by atoms with Gasteiger partial charge in [-0.05, 0) is 53.9 Å². The predicted octanol–water partition coefficient (Wildman–Crippen LogP) is 6.01. The number of carbonyl (C=O) groups excluding carboxylic acids is 1. The van der Waals surface area contributed by atoms with E-state index < -0.39 is 23.2 Å². The van der Waals surface area contributed by atoms with Crippen molar-refractivity contribution in [1.29, 1.82) is 0 Å². The van der Waals surface area contributed by atoms with Gasteiger partial charge in [-0.15, -0.1) is 0 Å². The van der Waals surface area contributed by atoms with Crippen molar-refractivity contribution in [1.82, 2.24) is 0 Å². The molecule has 1 aliphatic rings. The summed E-state index contributed by atoms with van der Waals surface area (Å²) in [5.74, 6) is -0.939. The van der Waals surface area contributed by atoms with E-state index in [1.54, 1.807) is 4.90 Å². The Morgan fingerprint density at radius 2 is 1.81 bits per heavy atom. The minimum Gasteiger partial charge on any atom is -0.450 e. The molecule has 0 radical (unpaired) electrons. The van der Waals surface area contributed by atoms with Crippen LogP contribution in [0.1, 0.15) is 40.2 Å². The summed E-state index contributed by atoms with van der Waals surface area (Å²) < 4.78 is 20.5. The molecule has 0 aliphatic carbocycles. The lowest BCUT2D eigenvalue weighted by Gasteiger charge is -2.25. The first-order chi connectivity index (χ1) is 15.0. The number of amides is 1. The highest BCUT2D eigenvalue weighted by atomic mass is 79.9. The Morgan fingerprint density at radius 3 is 2.52 bits per heavy atom. The second-order valence-corrected chi connectivity index (χ2v) is 8.38. The van der Waals surface area contributed by atoms with Crippen LogP contribution in [0, 0.1) is 5.82 Å². The lowest BCUT2D eigenvalue weighted by atomic mass is 9.97. The van der Waals surface area contributed by atoms with Gasteiger partial charge in [-0.2, -0.15) is 0 Å². The number of fused-ring (bicyclic) bond motifs is 2. The average Bonchev–Trinajstić information content (AvgIpc) is 3.07. The predicted molar refractivity (Wildman–Crippen MR) is 121 cm³/mol. The van der Waals surface area contributed by atoms with Crippen LogP contribution >= 0.6 is 15.9 Å². The zero-order chi connectivity index (χ0) is 21.7. The normalized spacial score (nSPS) is 15.5. The maximum atomic E-state index is 13.9. The molecule has 0 saturated heterocycles. The zero-order valence-corrected chi connectivity index (χ0v) is 18.1. The van der Waals surface area contributed by atoms with Crippen molar-refractivity contribution < 1.29 is 13.6 Å². The van der Waals surface area contributed by atoms with Gasteiger partial charge in [0.15, 0.2) is 5.43 Å². The number of rotatable bonds is 3. The zero-order valence-electron chi connectivity index (χ0n) is 16.6. The number of hydrogen-bond acceptors (Lipinski definition) is 3. The number of carbonyl (C=O) groups is 1. The minimum atomic E-state index is -0.674. The molecule has 1 aliphatic heterocycles. The van der Waals surface area contributed by atoms with E-state index in [9.17, 15) is 14.0 Å². The van der Waals surface area contributed by atoms with Crippen molar-refractivity contribution in [2.24, 2.45) is 0 Å². The van der Waals surface area contributed by atoms with Crippen LogP contribution in [-0.4, -0.2) is 5.91 Å². The summed E-state index contributed by atoms with van der Waals surface area (Å²) in [6.45, 7) is 2.06. The average molecular weight is 478 g/mol. The van der Waals surface area contributed by atoms with Crippen LogP contribution in [0.3, 0.4) is 0 Å². The molecule has 1 atom stereocenters. The first-order valence-electron chi connectivity index (χ1n) is 9.92. The van der Waals surface area contributed by atoms with Gasteiger partial charge in [-0.25, -0.2) is 4.39 Å². The van der Waals surface area contributed by atoms with Gasteiger partial charge in [0.25, 0.3) is 5.91 Å². The number of hydrogen-bond donors (Lipinski definition) is 0. The van der Waals surface area contributed by atoms with E-state index >= 15 is 0 Å². The fourth-order valence-corrected chi connectivity index (χ4v) is 4.48. The Balaban J connectivity index is 1.80. The van der Waals surface area contributed by atoms with Crippen molar-refractivity contribution >= 4 is 38.5 Å². The quantitative estimate of drug-likeness (QED) is 0.363. The molecule has 0 bridgehead atoms. The topological polar surface area (TPSA) is 50.5 Å². The summed E-state index contributed by atoms with van der Waals surface area (Å²) >= 11 is 3.45. The third-order valence-electron chi connectivity index (χ3n) is 5.62. The lowest BCUT2D eigenvalue weighted by Crippen LogP contribution is -2.29. The molecule has 0 spiro atoms. The van der Waals surface area contributed by atoms with Gasteiger partial charge in [0.05, 0.1) is 17.0 Å². The second kappa shape index (κ2) is 7.46. The molecular weight excluding hydrogens is 461 g/mol. The van der Waals surface area contributed by atoms with E-state index in [0.717, 1.165) is 28.1 Å². The molecule has 4 nitrogen and oxygen atoms in total. The SMILES string of the molecule is CCc1ccc(C2c3c(oc4ccc(F)cc4c3=O)C(=O)N2c2cccc(Br)c2)cc1. The summed E-state index contributed by atoms with van der Waals surface area (Å²) in [6, 6.07) is 18.2. The highest BCUT2D eigenvalue weighted by Crippen LogP contribution is 2.41. The number of aryl methyl sites for hydroxylation is 1. The second-order valence-electron chi connectivity index (χ2n) is 7.47. The third kappa shape index (κ3) is 3.18. The summed E-state index contributed by atoms with van der Waals surface area (Å²) in [5.41, 5.74) is 2.58. The van der Waals surface area contributed by atoms with Gasteiger partial charge in [0.2, 0.25) is 5.76 Å². The highest BCUT2D eigenvalue weighted by molar-refractivity contribution is 9.10. The van der Waals surface area contributed by atoms with Gasteiger partial charge >= 0.3 is 0 Å². The molecule has 4 aromatic rings. The first-order valence-corrected chi connectivity index (χ1v) is 10.7. The molecule has 5 rings (SSSR count). The van der Waals surface area contributed by atoms with Gasteiger partial charge in [0, 0.05) is 10.2 Å². The Bertz CT molecular complexity index is 1390. The molecule has 2 heterocycles. The van der Waals surface area contributed by atoms with E-state index in [0.29, 0.717) is 5.69 Å². The number of anilines is 1. The molecule has 31 heavy (non-hydrogen) atoms. The van der Waals surface area contributed by atoms with Crippen LogP contribution in [0.2, 0.25) is 0 Å². The smallest absolute Gasteiger partial charge is 0.295 e. The van der Waals surface area contributed by atoms with Gasteiger partial charge in [-0.3, -0.25) is 14.5 Å². The van der Waals surface area contributed by atoms with Crippen LogP contribution in [-0.2, 0) is 6.42 Å². The summed E-state index contributed by atoms with van der Waals surface area (Å²) in [4.78, 5) is 28.5. The van der Waals surface area contributed by atoms with Gasteiger partial charge in [0.1, 0.15) is 11.4 Å². The maximum absolute atomic E-state index is 13.9.